The number of amides is 3. The van der Waals surface area contributed by atoms with E-state index in [2.05, 4.69) is 16.0 Å². The Morgan fingerprint density at radius 3 is 2.65 bits per heavy atom. The number of nitrogens with one attached hydrogen (secondary N) is 3. The van der Waals surface area contributed by atoms with Crippen molar-refractivity contribution >= 4 is 29.2 Å². The van der Waals surface area contributed by atoms with Gasteiger partial charge in [-0.05, 0) is 37.6 Å². The Morgan fingerprint density at radius 2 is 1.92 bits per heavy atom. The predicted molar refractivity (Wildman–Crippen MR) is 98.3 cm³/mol. The van der Waals surface area contributed by atoms with Gasteiger partial charge in [0.2, 0.25) is 0 Å². The fourth-order valence-electron chi connectivity index (χ4n) is 2.86. The van der Waals surface area contributed by atoms with Crippen LogP contribution in [0, 0.1) is 12.7 Å². The minimum Gasteiger partial charge on any atom is -0.327 e. The number of anilines is 1. The second-order valence-electron chi connectivity index (χ2n) is 6.01. The zero-order valence-corrected chi connectivity index (χ0v) is 14.9. The lowest BCUT2D eigenvalue weighted by Crippen LogP contribution is -2.46. The molecule has 3 rings (SSSR count). The summed E-state index contributed by atoms with van der Waals surface area (Å²) in [6.07, 6.45) is 0. The van der Waals surface area contributed by atoms with Crippen LogP contribution in [0.3, 0.4) is 0 Å². The lowest BCUT2D eigenvalue weighted by atomic mass is 9.94. The summed E-state index contributed by atoms with van der Waals surface area (Å²) in [5.41, 5.74) is 2.19. The summed E-state index contributed by atoms with van der Waals surface area (Å²) in [7, 11) is 0. The number of benzene rings is 2. The summed E-state index contributed by atoms with van der Waals surface area (Å²) in [4.78, 5) is 24.8. The molecule has 0 aromatic heterocycles. The van der Waals surface area contributed by atoms with Gasteiger partial charge >= 0.3 is 6.03 Å². The van der Waals surface area contributed by atoms with E-state index in [-0.39, 0.29) is 11.1 Å². The van der Waals surface area contributed by atoms with Crippen LogP contribution in [-0.2, 0) is 4.79 Å². The van der Waals surface area contributed by atoms with E-state index in [1.165, 1.54) is 12.1 Å². The quantitative estimate of drug-likeness (QED) is 0.759. The Balaban J connectivity index is 2.00. The maximum Gasteiger partial charge on any atom is 0.319 e. The zero-order valence-electron chi connectivity index (χ0n) is 14.2. The molecule has 2 aromatic rings. The van der Waals surface area contributed by atoms with Gasteiger partial charge in [-0.15, -0.1) is 0 Å². The van der Waals surface area contributed by atoms with Gasteiger partial charge in [-0.3, -0.25) is 4.79 Å². The highest BCUT2D eigenvalue weighted by atomic mass is 35.5. The van der Waals surface area contributed by atoms with E-state index in [9.17, 15) is 14.0 Å². The molecule has 134 valence electrons. The molecule has 7 heteroatoms. The third-order valence-electron chi connectivity index (χ3n) is 4.18. The molecule has 0 spiro atoms. The third-order valence-corrected chi connectivity index (χ3v) is 4.41. The van der Waals surface area contributed by atoms with Gasteiger partial charge in [-0.1, -0.05) is 35.9 Å². The van der Waals surface area contributed by atoms with E-state index in [4.69, 9.17) is 11.6 Å². The molecular weight excluding hydrogens is 357 g/mol. The highest BCUT2D eigenvalue weighted by Crippen LogP contribution is 2.30. The van der Waals surface area contributed by atoms with Gasteiger partial charge in [-0.2, -0.15) is 0 Å². The van der Waals surface area contributed by atoms with Crippen LogP contribution in [0.15, 0.2) is 53.7 Å². The summed E-state index contributed by atoms with van der Waals surface area (Å²) >= 11 is 6.00. The van der Waals surface area contributed by atoms with E-state index in [0.29, 0.717) is 16.4 Å². The van der Waals surface area contributed by atoms with Crippen molar-refractivity contribution in [1.82, 2.24) is 10.6 Å². The van der Waals surface area contributed by atoms with Gasteiger partial charge in [0.1, 0.15) is 5.82 Å². The van der Waals surface area contributed by atoms with Crippen LogP contribution in [0.25, 0.3) is 0 Å². The van der Waals surface area contributed by atoms with Crippen molar-refractivity contribution < 1.29 is 14.0 Å². The molecule has 3 N–H and O–H groups in total. The number of carbonyl (C=O) groups is 2. The molecule has 1 aliphatic rings. The molecule has 1 aliphatic heterocycles. The van der Waals surface area contributed by atoms with Crippen molar-refractivity contribution in [3.8, 4) is 0 Å². The van der Waals surface area contributed by atoms with Crippen LogP contribution in [-0.4, -0.2) is 11.9 Å². The van der Waals surface area contributed by atoms with Crippen molar-refractivity contribution in [2.45, 2.75) is 19.9 Å². The van der Waals surface area contributed by atoms with Gasteiger partial charge < -0.3 is 16.0 Å². The maximum absolute atomic E-state index is 14.3. The fraction of sp³-hybridized carbons (Fsp3) is 0.158. The zero-order chi connectivity index (χ0) is 18.8. The van der Waals surface area contributed by atoms with Crippen LogP contribution < -0.4 is 16.0 Å². The van der Waals surface area contributed by atoms with Gasteiger partial charge in [0.15, 0.2) is 0 Å². The third kappa shape index (κ3) is 3.55. The average molecular weight is 374 g/mol. The van der Waals surface area contributed by atoms with Crippen LogP contribution >= 0.6 is 11.6 Å². The largest absolute Gasteiger partial charge is 0.327 e. The number of carbonyl (C=O) groups excluding carboxylic acids is 2. The van der Waals surface area contributed by atoms with Crippen molar-refractivity contribution in [2.75, 3.05) is 5.32 Å². The second-order valence-corrected chi connectivity index (χ2v) is 6.44. The summed E-state index contributed by atoms with van der Waals surface area (Å²) in [5.74, 6) is -0.953. The molecule has 0 saturated heterocycles. The van der Waals surface area contributed by atoms with Crippen molar-refractivity contribution in [3.05, 3.63) is 75.7 Å². The van der Waals surface area contributed by atoms with Gasteiger partial charge in [-0.25, -0.2) is 9.18 Å². The molecule has 1 unspecified atom stereocenters. The Morgan fingerprint density at radius 1 is 1.19 bits per heavy atom. The molecule has 3 amide bonds. The van der Waals surface area contributed by atoms with Crippen LogP contribution in [0.5, 0.6) is 0 Å². The molecule has 0 bridgehead atoms. The van der Waals surface area contributed by atoms with E-state index in [1.807, 2.05) is 6.92 Å². The van der Waals surface area contributed by atoms with Crippen molar-refractivity contribution in [3.63, 3.8) is 0 Å². The molecule has 26 heavy (non-hydrogen) atoms. The molecule has 1 atom stereocenters. The SMILES string of the molecule is CC1=C(C(=O)Nc2cc(Cl)ccc2C)C(c2ccccc2F)NC(=O)N1. The predicted octanol–water partition coefficient (Wildman–Crippen LogP) is 4.05. The molecule has 2 aromatic carbocycles. The molecule has 0 radical (unpaired) electrons. The number of urea groups is 1. The van der Waals surface area contributed by atoms with E-state index in [0.717, 1.165) is 5.56 Å². The minimum atomic E-state index is -0.899. The normalized spacial score (nSPS) is 16.8. The van der Waals surface area contributed by atoms with Crippen molar-refractivity contribution in [2.24, 2.45) is 0 Å². The Labute approximate surface area is 155 Å². The monoisotopic (exact) mass is 373 g/mol. The summed E-state index contributed by atoms with van der Waals surface area (Å²) in [5, 5.41) is 8.45. The average Bonchev–Trinajstić information content (AvgIpc) is 2.57. The van der Waals surface area contributed by atoms with Crippen LogP contribution in [0.1, 0.15) is 24.1 Å². The first kappa shape index (κ1) is 17.9. The van der Waals surface area contributed by atoms with Gasteiger partial charge in [0.05, 0.1) is 11.6 Å². The smallest absolute Gasteiger partial charge is 0.319 e. The highest BCUT2D eigenvalue weighted by molar-refractivity contribution is 6.31. The van der Waals surface area contributed by atoms with Gasteiger partial charge in [0, 0.05) is 22.0 Å². The number of rotatable bonds is 3. The number of hydrogen-bond donors (Lipinski definition) is 3. The van der Waals surface area contributed by atoms with E-state index >= 15 is 0 Å². The van der Waals surface area contributed by atoms with E-state index in [1.54, 1.807) is 37.3 Å². The topological polar surface area (TPSA) is 70.2 Å². The first-order valence-electron chi connectivity index (χ1n) is 7.97. The number of hydrogen-bond acceptors (Lipinski definition) is 2. The fourth-order valence-corrected chi connectivity index (χ4v) is 3.03. The van der Waals surface area contributed by atoms with Crippen LogP contribution in [0.4, 0.5) is 14.9 Å². The Kier molecular flexibility index (Phi) is 4.95. The van der Waals surface area contributed by atoms with Crippen LogP contribution in [0.2, 0.25) is 5.02 Å². The number of allylic oxidation sites excluding steroid dienone is 1. The Hall–Kier alpha value is -2.86. The number of halogens is 2. The molecular formula is C19H17ClFN3O2. The molecule has 0 fully saturated rings. The minimum absolute atomic E-state index is 0.217. The first-order chi connectivity index (χ1) is 12.4. The molecule has 0 saturated carbocycles. The standard InChI is InChI=1S/C19H17ClFN3O2/c1-10-7-8-12(20)9-15(10)23-18(25)16-11(2)22-19(26)24-17(16)13-5-3-4-6-14(13)21/h3-9,17H,1-2H3,(H,23,25)(H2,22,24,26). The Bertz CT molecular complexity index is 927. The molecule has 5 nitrogen and oxygen atoms in total. The highest BCUT2D eigenvalue weighted by Gasteiger charge is 2.32. The van der Waals surface area contributed by atoms with E-state index < -0.39 is 23.8 Å². The number of aryl methyl sites for hydroxylation is 1. The summed E-state index contributed by atoms with van der Waals surface area (Å²) in [6, 6.07) is 9.78. The summed E-state index contributed by atoms with van der Waals surface area (Å²) < 4.78 is 14.3. The summed E-state index contributed by atoms with van der Waals surface area (Å²) in [6.45, 7) is 3.44. The maximum atomic E-state index is 14.3. The second kappa shape index (κ2) is 7.17. The van der Waals surface area contributed by atoms with Crippen molar-refractivity contribution in [1.29, 1.82) is 0 Å². The lowest BCUT2D eigenvalue weighted by Gasteiger charge is -2.29. The molecule has 1 heterocycles. The first-order valence-corrected chi connectivity index (χ1v) is 8.35. The lowest BCUT2D eigenvalue weighted by molar-refractivity contribution is -0.113. The van der Waals surface area contributed by atoms with Gasteiger partial charge in [0.25, 0.3) is 5.91 Å². The molecule has 0 aliphatic carbocycles.